The molecule has 1 aliphatic heterocycles. The van der Waals surface area contributed by atoms with Crippen LogP contribution in [0.25, 0.3) is 0 Å². The molecule has 2 aromatic carbocycles. The van der Waals surface area contributed by atoms with E-state index in [0.29, 0.717) is 12.1 Å². The van der Waals surface area contributed by atoms with Gasteiger partial charge in [-0.15, -0.1) is 0 Å². The Kier molecular flexibility index (Phi) is 4.80. The van der Waals surface area contributed by atoms with Crippen molar-refractivity contribution >= 4 is 17.4 Å². The SMILES string of the molecule is O=C(Nc1ccc(F)cc1)N1N=C(c2ccncc2)C[C@H]1c1ccc(F)cc1. The first-order valence-corrected chi connectivity index (χ1v) is 8.69. The van der Waals surface area contributed by atoms with E-state index < -0.39 is 6.03 Å². The lowest BCUT2D eigenvalue weighted by molar-refractivity contribution is 0.200. The van der Waals surface area contributed by atoms with Gasteiger partial charge < -0.3 is 5.32 Å². The minimum atomic E-state index is -0.454. The summed E-state index contributed by atoms with van der Waals surface area (Å²) in [5, 5.41) is 8.56. The maximum atomic E-state index is 13.3. The van der Waals surface area contributed by atoms with E-state index in [-0.39, 0.29) is 17.7 Å². The molecule has 4 rings (SSSR count). The van der Waals surface area contributed by atoms with E-state index >= 15 is 0 Å². The molecule has 0 unspecified atom stereocenters. The van der Waals surface area contributed by atoms with Crippen molar-refractivity contribution in [2.45, 2.75) is 12.5 Å². The van der Waals surface area contributed by atoms with Crippen molar-refractivity contribution in [2.75, 3.05) is 5.32 Å². The van der Waals surface area contributed by atoms with Crippen LogP contribution in [0.3, 0.4) is 0 Å². The van der Waals surface area contributed by atoms with Gasteiger partial charge in [-0.3, -0.25) is 4.98 Å². The Morgan fingerprint density at radius 2 is 1.54 bits per heavy atom. The van der Waals surface area contributed by atoms with Gasteiger partial charge in [0, 0.05) is 30.1 Å². The zero-order valence-corrected chi connectivity index (χ0v) is 14.7. The lowest BCUT2D eigenvalue weighted by Crippen LogP contribution is -2.31. The summed E-state index contributed by atoms with van der Waals surface area (Å²) >= 11 is 0. The summed E-state index contributed by atoms with van der Waals surface area (Å²) < 4.78 is 26.4. The molecule has 0 fully saturated rings. The molecule has 2 heterocycles. The predicted octanol–water partition coefficient (Wildman–Crippen LogP) is 4.74. The van der Waals surface area contributed by atoms with Crippen LogP contribution in [-0.2, 0) is 0 Å². The number of rotatable bonds is 3. The maximum Gasteiger partial charge on any atom is 0.342 e. The molecule has 2 amide bonds. The highest BCUT2D eigenvalue weighted by atomic mass is 19.1. The number of pyridine rings is 1. The normalized spacial score (nSPS) is 16.0. The van der Waals surface area contributed by atoms with Gasteiger partial charge in [-0.05, 0) is 54.1 Å². The second kappa shape index (κ2) is 7.56. The van der Waals surface area contributed by atoms with E-state index in [9.17, 15) is 13.6 Å². The van der Waals surface area contributed by atoms with Crippen LogP contribution in [0.15, 0.2) is 78.2 Å². The molecular formula is C21H16F2N4O. The summed E-state index contributed by atoms with van der Waals surface area (Å²) in [5.74, 6) is -0.735. The average molecular weight is 378 g/mol. The minimum absolute atomic E-state index is 0.348. The number of nitrogens with one attached hydrogen (secondary N) is 1. The Labute approximate surface area is 160 Å². The first-order chi connectivity index (χ1) is 13.6. The van der Waals surface area contributed by atoms with Crippen molar-refractivity contribution in [1.29, 1.82) is 0 Å². The first kappa shape index (κ1) is 17.8. The second-order valence-corrected chi connectivity index (χ2v) is 6.34. The van der Waals surface area contributed by atoms with Crippen LogP contribution in [-0.4, -0.2) is 21.7 Å². The Morgan fingerprint density at radius 1 is 0.929 bits per heavy atom. The molecule has 0 saturated carbocycles. The summed E-state index contributed by atoms with van der Waals surface area (Å²) in [6.45, 7) is 0. The van der Waals surface area contributed by atoms with Crippen LogP contribution in [0.2, 0.25) is 0 Å². The molecule has 1 N–H and O–H groups in total. The van der Waals surface area contributed by atoms with E-state index in [0.717, 1.165) is 16.8 Å². The van der Waals surface area contributed by atoms with Crippen LogP contribution in [0, 0.1) is 11.6 Å². The van der Waals surface area contributed by atoms with Crippen LogP contribution in [0.1, 0.15) is 23.6 Å². The van der Waals surface area contributed by atoms with Gasteiger partial charge in [0.1, 0.15) is 11.6 Å². The number of carbonyl (C=O) groups is 1. The van der Waals surface area contributed by atoms with Crippen LogP contribution in [0.5, 0.6) is 0 Å². The largest absolute Gasteiger partial charge is 0.342 e. The van der Waals surface area contributed by atoms with Gasteiger partial charge in [0.05, 0.1) is 11.8 Å². The topological polar surface area (TPSA) is 57.6 Å². The standard InChI is InChI=1S/C21H16F2N4O/c22-16-3-1-15(2-4-16)20-13-19(14-9-11-24-12-10-14)26-27(20)21(28)25-18-7-5-17(23)6-8-18/h1-12,20H,13H2,(H,25,28)/t20-/m0/s1. The number of hydrogen-bond acceptors (Lipinski definition) is 3. The highest BCUT2D eigenvalue weighted by molar-refractivity contribution is 6.04. The average Bonchev–Trinajstić information content (AvgIpc) is 3.17. The quantitative estimate of drug-likeness (QED) is 0.715. The Balaban J connectivity index is 1.64. The lowest BCUT2D eigenvalue weighted by atomic mass is 9.99. The molecule has 28 heavy (non-hydrogen) atoms. The van der Waals surface area contributed by atoms with E-state index in [2.05, 4.69) is 15.4 Å². The van der Waals surface area contributed by atoms with Gasteiger partial charge in [-0.2, -0.15) is 5.10 Å². The molecule has 7 heteroatoms. The van der Waals surface area contributed by atoms with Gasteiger partial charge in [-0.1, -0.05) is 12.1 Å². The fraction of sp³-hybridized carbons (Fsp3) is 0.0952. The highest BCUT2D eigenvalue weighted by Crippen LogP contribution is 2.33. The molecule has 0 spiro atoms. The first-order valence-electron chi connectivity index (χ1n) is 8.69. The third-order valence-electron chi connectivity index (χ3n) is 4.48. The summed E-state index contributed by atoms with van der Waals surface area (Å²) in [6, 6.07) is 14.3. The zero-order chi connectivity index (χ0) is 19.5. The molecule has 1 aliphatic rings. The van der Waals surface area contributed by atoms with Gasteiger partial charge in [0.2, 0.25) is 0 Å². The molecule has 140 valence electrons. The van der Waals surface area contributed by atoms with Crippen LogP contribution >= 0.6 is 0 Å². The number of hydrazone groups is 1. The lowest BCUT2D eigenvalue weighted by Gasteiger charge is -2.22. The third-order valence-corrected chi connectivity index (χ3v) is 4.48. The van der Waals surface area contributed by atoms with Gasteiger partial charge in [0.15, 0.2) is 0 Å². The smallest absolute Gasteiger partial charge is 0.306 e. The maximum absolute atomic E-state index is 13.3. The number of nitrogens with zero attached hydrogens (tertiary/aromatic N) is 3. The van der Waals surface area contributed by atoms with Crippen LogP contribution < -0.4 is 5.32 Å². The Bertz CT molecular complexity index is 1000. The summed E-state index contributed by atoms with van der Waals surface area (Å²) in [7, 11) is 0. The van der Waals surface area contributed by atoms with E-state index in [1.54, 1.807) is 24.5 Å². The van der Waals surface area contributed by atoms with Gasteiger partial charge in [0.25, 0.3) is 0 Å². The number of urea groups is 1. The van der Waals surface area contributed by atoms with Crippen molar-refractivity contribution in [3.8, 4) is 0 Å². The summed E-state index contributed by atoms with van der Waals surface area (Å²) in [4.78, 5) is 16.9. The van der Waals surface area contributed by atoms with E-state index in [4.69, 9.17) is 0 Å². The number of benzene rings is 2. The third kappa shape index (κ3) is 3.73. The Morgan fingerprint density at radius 3 is 2.18 bits per heavy atom. The van der Waals surface area contributed by atoms with Crippen molar-refractivity contribution in [1.82, 2.24) is 9.99 Å². The number of amides is 2. The minimum Gasteiger partial charge on any atom is -0.306 e. The van der Waals surface area contributed by atoms with Crippen molar-refractivity contribution < 1.29 is 13.6 Å². The molecular weight excluding hydrogens is 362 g/mol. The molecule has 1 aromatic heterocycles. The van der Waals surface area contributed by atoms with Crippen molar-refractivity contribution in [3.05, 3.63) is 95.8 Å². The Hall–Kier alpha value is -3.61. The fourth-order valence-corrected chi connectivity index (χ4v) is 3.07. The predicted molar refractivity (Wildman–Crippen MR) is 102 cm³/mol. The molecule has 3 aromatic rings. The second-order valence-electron chi connectivity index (χ2n) is 6.34. The molecule has 0 saturated heterocycles. The highest BCUT2D eigenvalue weighted by Gasteiger charge is 2.33. The molecule has 1 atom stereocenters. The fourth-order valence-electron chi connectivity index (χ4n) is 3.07. The number of carbonyl (C=O) groups excluding carboxylic acids is 1. The summed E-state index contributed by atoms with van der Waals surface area (Å²) in [5.41, 5.74) is 2.81. The molecule has 0 radical (unpaired) electrons. The zero-order valence-electron chi connectivity index (χ0n) is 14.7. The summed E-state index contributed by atoms with van der Waals surface area (Å²) in [6.07, 6.45) is 3.80. The monoisotopic (exact) mass is 378 g/mol. The van der Waals surface area contributed by atoms with Crippen LogP contribution in [0.4, 0.5) is 19.3 Å². The number of halogens is 2. The van der Waals surface area contributed by atoms with E-state index in [1.165, 1.54) is 41.4 Å². The van der Waals surface area contributed by atoms with Gasteiger partial charge in [-0.25, -0.2) is 18.6 Å². The molecule has 5 nitrogen and oxygen atoms in total. The van der Waals surface area contributed by atoms with Crippen molar-refractivity contribution in [3.63, 3.8) is 0 Å². The van der Waals surface area contributed by atoms with Crippen molar-refractivity contribution in [2.24, 2.45) is 5.10 Å². The van der Waals surface area contributed by atoms with E-state index in [1.807, 2.05) is 12.1 Å². The molecule has 0 aliphatic carbocycles. The number of anilines is 1. The number of aromatic nitrogens is 1. The molecule has 0 bridgehead atoms. The van der Waals surface area contributed by atoms with Gasteiger partial charge >= 0.3 is 6.03 Å². The number of hydrogen-bond donors (Lipinski definition) is 1.